The number of benzene rings is 2. The number of methoxy groups -OCH3 is 1. The van der Waals surface area contributed by atoms with Crippen LogP contribution in [0, 0.1) is 0 Å². The van der Waals surface area contributed by atoms with Crippen molar-refractivity contribution in [3.63, 3.8) is 0 Å². The summed E-state index contributed by atoms with van der Waals surface area (Å²) in [5.41, 5.74) is 7.91. The van der Waals surface area contributed by atoms with Gasteiger partial charge in [-0.05, 0) is 24.5 Å². The molecule has 9 nitrogen and oxygen atoms in total. The van der Waals surface area contributed by atoms with Gasteiger partial charge in [-0.15, -0.1) is 0 Å². The highest BCUT2D eigenvalue weighted by Gasteiger charge is 2.23. The Balaban J connectivity index is 0.000000479. The summed E-state index contributed by atoms with van der Waals surface area (Å²) < 4.78 is 5.27. The number of carbonyl (C=O) groups is 3. The summed E-state index contributed by atoms with van der Waals surface area (Å²) in [6.45, 7) is 2.86. The van der Waals surface area contributed by atoms with Crippen LogP contribution in [0.4, 0.5) is 5.69 Å². The molecule has 0 saturated carbocycles. The molecule has 1 saturated heterocycles. The fraction of sp³-hybridized carbons (Fsp3) is 0.348. The van der Waals surface area contributed by atoms with E-state index in [-0.39, 0.29) is 11.9 Å². The molecule has 10 heteroatoms. The normalized spacial score (nSPS) is 14.0. The zero-order chi connectivity index (χ0) is 24.4. The van der Waals surface area contributed by atoms with Gasteiger partial charge in [0.1, 0.15) is 12.2 Å². The van der Waals surface area contributed by atoms with Gasteiger partial charge in [-0.25, -0.2) is 0 Å². The van der Waals surface area contributed by atoms with E-state index in [1.165, 1.54) is 12.7 Å². The van der Waals surface area contributed by atoms with Gasteiger partial charge in [0, 0.05) is 31.7 Å². The number of rotatable bonds is 7. The lowest BCUT2D eigenvalue weighted by molar-refractivity contribution is -0.147. The van der Waals surface area contributed by atoms with Crippen LogP contribution in [0.5, 0.6) is 5.75 Å². The number of hydrogen-bond acceptors (Lipinski definition) is 6. The van der Waals surface area contributed by atoms with Crippen LogP contribution in [0.15, 0.2) is 42.5 Å². The fourth-order valence-corrected chi connectivity index (χ4v) is 3.55. The second-order valence-electron chi connectivity index (χ2n) is 7.55. The van der Waals surface area contributed by atoms with Crippen LogP contribution in [-0.2, 0) is 16.1 Å². The lowest BCUT2D eigenvalue weighted by Crippen LogP contribution is -2.44. The first kappa shape index (κ1) is 26.0. The monoisotopic (exact) mass is 477 g/mol. The number of carbonyl (C=O) groups excluding carboxylic acids is 1. The van der Waals surface area contributed by atoms with E-state index in [0.717, 1.165) is 32.5 Å². The number of nitrogens with zero attached hydrogens (tertiary/aromatic N) is 1. The van der Waals surface area contributed by atoms with Crippen LogP contribution in [0.1, 0.15) is 35.2 Å². The number of nitrogen functional groups attached to an aromatic ring is 1. The minimum Gasteiger partial charge on any atom is -0.496 e. The van der Waals surface area contributed by atoms with E-state index in [4.69, 9.17) is 32.3 Å². The Kier molecular flexibility index (Phi) is 9.96. The summed E-state index contributed by atoms with van der Waals surface area (Å²) in [6.07, 6.45) is 1.03. The number of hydrogen-bond donors (Lipinski definition) is 4. The Morgan fingerprint density at radius 3 is 2.24 bits per heavy atom. The molecule has 2 aromatic carbocycles. The van der Waals surface area contributed by atoms with Gasteiger partial charge in [0.05, 0.1) is 23.4 Å². The molecule has 3 rings (SSSR count). The van der Waals surface area contributed by atoms with Gasteiger partial charge in [-0.2, -0.15) is 0 Å². The molecule has 2 aromatic rings. The largest absolute Gasteiger partial charge is 0.496 e. The molecule has 1 fully saturated rings. The van der Waals surface area contributed by atoms with Crippen LogP contribution < -0.4 is 15.8 Å². The number of nitrogens with two attached hydrogens (primary N) is 1. The molecule has 0 atom stereocenters. The van der Waals surface area contributed by atoms with Gasteiger partial charge in [0.15, 0.2) is 0 Å². The second-order valence-corrected chi connectivity index (χ2v) is 7.95. The second kappa shape index (κ2) is 12.7. The van der Waals surface area contributed by atoms with Crippen molar-refractivity contribution in [3.8, 4) is 5.75 Å². The van der Waals surface area contributed by atoms with Gasteiger partial charge in [-0.3, -0.25) is 19.3 Å². The minimum atomic E-state index is -1.31. The fourth-order valence-electron chi connectivity index (χ4n) is 3.38. The summed E-state index contributed by atoms with van der Waals surface area (Å²) in [4.78, 5) is 33.9. The number of nitrogens with one attached hydrogen (secondary N) is 1. The highest BCUT2D eigenvalue weighted by Crippen LogP contribution is 2.29. The lowest BCUT2D eigenvalue weighted by Gasteiger charge is -2.32. The maximum absolute atomic E-state index is 12.6. The third-order valence-corrected chi connectivity index (χ3v) is 5.37. The van der Waals surface area contributed by atoms with E-state index < -0.39 is 18.4 Å². The summed E-state index contributed by atoms with van der Waals surface area (Å²) >= 11 is 6.06. The zero-order valence-electron chi connectivity index (χ0n) is 18.3. The van der Waals surface area contributed by atoms with Gasteiger partial charge in [0.2, 0.25) is 0 Å². The molecule has 0 aromatic heterocycles. The van der Waals surface area contributed by atoms with E-state index in [0.29, 0.717) is 22.0 Å². The standard InChI is InChI=1S/C20H24ClN3O2.C3H4O4/c1-26-19-12-18(22)17(21)11-16(19)20(25)23-15-7-9-24(10-8-15)13-14-5-3-2-4-6-14;4-2(5)1-3(6)7/h2-6,11-12,15H,7-10,13,22H2,1H3,(H,23,25);1H2,(H,4,5)(H,6,7). The molecule has 1 aliphatic rings. The third kappa shape index (κ3) is 8.63. The maximum Gasteiger partial charge on any atom is 0.314 e. The minimum absolute atomic E-state index is 0.149. The number of carboxylic acids is 2. The van der Waals surface area contributed by atoms with Crippen molar-refractivity contribution in [1.29, 1.82) is 0 Å². The molecule has 0 aliphatic carbocycles. The molecule has 1 amide bonds. The Labute approximate surface area is 197 Å². The number of aliphatic carboxylic acids is 2. The van der Waals surface area contributed by atoms with Crippen molar-refractivity contribution >= 4 is 35.1 Å². The van der Waals surface area contributed by atoms with Crippen molar-refractivity contribution in [2.45, 2.75) is 31.8 Å². The van der Waals surface area contributed by atoms with E-state index in [2.05, 4.69) is 34.5 Å². The molecule has 0 unspecified atom stereocenters. The van der Waals surface area contributed by atoms with Crippen molar-refractivity contribution < 1.29 is 29.3 Å². The van der Waals surface area contributed by atoms with Crippen molar-refractivity contribution in [2.75, 3.05) is 25.9 Å². The quantitative estimate of drug-likeness (QED) is 0.352. The highest BCUT2D eigenvalue weighted by atomic mass is 35.5. The average Bonchev–Trinajstić information content (AvgIpc) is 2.77. The molecule has 1 heterocycles. The third-order valence-electron chi connectivity index (χ3n) is 5.04. The van der Waals surface area contributed by atoms with E-state index in [1.807, 2.05) is 6.07 Å². The zero-order valence-corrected chi connectivity index (χ0v) is 19.0. The smallest absolute Gasteiger partial charge is 0.314 e. The lowest BCUT2D eigenvalue weighted by atomic mass is 10.0. The Morgan fingerprint density at radius 1 is 1.12 bits per heavy atom. The summed E-state index contributed by atoms with van der Waals surface area (Å²) in [5.74, 6) is -2.36. The number of ether oxygens (including phenoxy) is 1. The Hall–Kier alpha value is -3.30. The van der Waals surface area contributed by atoms with Crippen LogP contribution in [0.2, 0.25) is 5.02 Å². The SMILES string of the molecule is COc1cc(N)c(Cl)cc1C(=O)NC1CCN(Cc2ccccc2)CC1.O=C(O)CC(=O)O. The number of piperidine rings is 1. The van der Waals surface area contributed by atoms with Gasteiger partial charge >= 0.3 is 11.9 Å². The molecule has 33 heavy (non-hydrogen) atoms. The maximum atomic E-state index is 12.6. The van der Waals surface area contributed by atoms with Crippen molar-refractivity contribution in [3.05, 3.63) is 58.6 Å². The van der Waals surface area contributed by atoms with Crippen LogP contribution in [-0.4, -0.2) is 59.2 Å². The highest BCUT2D eigenvalue weighted by molar-refractivity contribution is 6.33. The van der Waals surface area contributed by atoms with E-state index >= 15 is 0 Å². The molecule has 0 radical (unpaired) electrons. The topological polar surface area (TPSA) is 142 Å². The van der Waals surface area contributed by atoms with Crippen LogP contribution in [0.25, 0.3) is 0 Å². The number of amides is 1. The first-order valence-electron chi connectivity index (χ1n) is 10.3. The van der Waals surface area contributed by atoms with E-state index in [9.17, 15) is 14.4 Å². The number of carboxylic acid groups (broad SMARTS) is 2. The number of likely N-dealkylation sites (tertiary alicyclic amines) is 1. The van der Waals surface area contributed by atoms with Crippen LogP contribution >= 0.6 is 11.6 Å². The van der Waals surface area contributed by atoms with Gasteiger partial charge in [0.25, 0.3) is 5.91 Å². The predicted molar refractivity (Wildman–Crippen MR) is 125 cm³/mol. The van der Waals surface area contributed by atoms with Crippen molar-refractivity contribution in [1.82, 2.24) is 10.2 Å². The first-order valence-corrected chi connectivity index (χ1v) is 10.7. The van der Waals surface area contributed by atoms with Crippen LogP contribution in [0.3, 0.4) is 0 Å². The molecular formula is C23H28ClN3O6. The average molecular weight is 478 g/mol. The molecule has 0 bridgehead atoms. The van der Waals surface area contributed by atoms with Crippen molar-refractivity contribution in [2.24, 2.45) is 0 Å². The Morgan fingerprint density at radius 2 is 1.73 bits per heavy atom. The van der Waals surface area contributed by atoms with E-state index in [1.54, 1.807) is 12.1 Å². The molecule has 1 aliphatic heterocycles. The molecular weight excluding hydrogens is 450 g/mol. The summed E-state index contributed by atoms with van der Waals surface area (Å²) in [5, 5.41) is 18.9. The summed E-state index contributed by atoms with van der Waals surface area (Å²) in [6, 6.07) is 13.7. The predicted octanol–water partition coefficient (Wildman–Crippen LogP) is 2.87. The van der Waals surface area contributed by atoms with Gasteiger partial charge in [-0.1, -0.05) is 41.9 Å². The number of halogens is 1. The first-order chi connectivity index (χ1) is 15.7. The Bertz CT molecular complexity index is 950. The summed E-state index contributed by atoms with van der Waals surface area (Å²) in [7, 11) is 1.52. The van der Waals surface area contributed by atoms with Gasteiger partial charge < -0.3 is 26.0 Å². The molecule has 0 spiro atoms. The molecule has 178 valence electrons. The number of anilines is 1. The molecule has 5 N–H and O–H groups in total.